The van der Waals surface area contributed by atoms with Crippen LogP contribution in [0.5, 0.6) is 0 Å². The lowest BCUT2D eigenvalue weighted by molar-refractivity contribution is -0.132. The number of fused-ring (bicyclic) bond motifs is 1. The minimum atomic E-state index is 0. The molecule has 2 saturated carbocycles. The Morgan fingerprint density at radius 3 is 2.27 bits per heavy atom. The van der Waals surface area contributed by atoms with E-state index in [1.807, 2.05) is 11.2 Å². The van der Waals surface area contributed by atoms with Crippen LogP contribution in [0.25, 0.3) is 11.2 Å². The second-order valence-electron chi connectivity index (χ2n) is 11.3. The zero-order chi connectivity index (χ0) is 24.4. The summed E-state index contributed by atoms with van der Waals surface area (Å²) in [5.41, 5.74) is 7.89. The van der Waals surface area contributed by atoms with Crippen LogP contribution in [0.2, 0.25) is 0 Å². The number of hydrogen-bond acceptors (Lipinski definition) is 7. The molecule has 1 amide bonds. The van der Waals surface area contributed by atoms with E-state index in [9.17, 15) is 4.79 Å². The van der Waals surface area contributed by atoms with Crippen LogP contribution < -0.4 is 16.4 Å². The number of halogens is 2. The van der Waals surface area contributed by atoms with Gasteiger partial charge in [0.15, 0.2) is 17.0 Å². The highest BCUT2D eigenvalue weighted by atomic mass is 35.5. The fourth-order valence-corrected chi connectivity index (χ4v) is 5.92. The maximum Gasteiger partial charge on any atom is 0.227 e. The molecular weight excluding hydrogens is 511 g/mol. The van der Waals surface area contributed by atoms with Crippen LogP contribution in [0, 0.1) is 5.92 Å². The molecule has 2 aliphatic carbocycles. The van der Waals surface area contributed by atoms with E-state index in [2.05, 4.69) is 29.0 Å². The van der Waals surface area contributed by atoms with Crippen LogP contribution in [0.15, 0.2) is 6.33 Å². The van der Waals surface area contributed by atoms with Crippen LogP contribution in [-0.4, -0.2) is 61.5 Å². The first kappa shape index (κ1) is 29.7. The normalized spacial score (nSPS) is 23.1. The van der Waals surface area contributed by atoms with Gasteiger partial charge in [0.1, 0.15) is 0 Å². The Kier molecular flexibility index (Phi) is 10.7. The second kappa shape index (κ2) is 13.3. The van der Waals surface area contributed by atoms with Crippen molar-refractivity contribution in [2.24, 2.45) is 11.7 Å². The first-order valence-electron chi connectivity index (χ1n) is 13.8. The van der Waals surface area contributed by atoms with Crippen molar-refractivity contribution in [3.05, 3.63) is 6.33 Å². The van der Waals surface area contributed by atoms with Crippen molar-refractivity contribution in [3.8, 4) is 0 Å². The molecule has 4 N–H and O–H groups in total. The standard InChI is InChI=1S/C26H42N8O.2ClH/c1-17(2)15-22(35)33-13-11-20(12-14-33)29-24-23-25(34(16-28-23)21-5-3-4-6-21)32-26(31-24)30-19-9-7-18(27)8-10-19;;/h16-21H,3-15,27H2,1-2H3,(H2,29,30,31,32);2*1H/t18-,19-;;. The number of nitrogens with zero attached hydrogens (tertiary/aromatic N) is 5. The minimum Gasteiger partial charge on any atom is -0.365 e. The third kappa shape index (κ3) is 7.18. The van der Waals surface area contributed by atoms with Crippen LogP contribution in [-0.2, 0) is 4.79 Å². The maximum atomic E-state index is 12.5. The third-order valence-electron chi connectivity index (χ3n) is 8.02. The number of rotatable bonds is 7. The van der Waals surface area contributed by atoms with Crippen molar-refractivity contribution in [1.29, 1.82) is 0 Å². The largest absolute Gasteiger partial charge is 0.365 e. The fourth-order valence-electron chi connectivity index (χ4n) is 5.92. The lowest BCUT2D eigenvalue weighted by Crippen LogP contribution is -2.42. The van der Waals surface area contributed by atoms with E-state index in [1.165, 1.54) is 25.7 Å². The highest BCUT2D eigenvalue weighted by Crippen LogP contribution is 2.34. The van der Waals surface area contributed by atoms with Gasteiger partial charge in [-0.3, -0.25) is 4.79 Å². The minimum absolute atomic E-state index is 0. The maximum absolute atomic E-state index is 12.5. The van der Waals surface area contributed by atoms with Gasteiger partial charge in [-0.25, -0.2) is 4.98 Å². The number of imidazole rings is 1. The lowest BCUT2D eigenvalue weighted by Gasteiger charge is -2.33. The Morgan fingerprint density at radius 2 is 1.62 bits per heavy atom. The molecule has 208 valence electrons. The molecule has 2 aromatic heterocycles. The molecule has 9 nitrogen and oxygen atoms in total. The van der Waals surface area contributed by atoms with E-state index in [4.69, 9.17) is 20.7 Å². The summed E-state index contributed by atoms with van der Waals surface area (Å²) in [7, 11) is 0. The lowest BCUT2D eigenvalue weighted by atomic mass is 9.92. The van der Waals surface area contributed by atoms with Crippen molar-refractivity contribution < 1.29 is 4.79 Å². The topological polar surface area (TPSA) is 114 Å². The van der Waals surface area contributed by atoms with Crippen LogP contribution in [0.4, 0.5) is 11.8 Å². The Bertz CT molecular complexity index is 1010. The smallest absolute Gasteiger partial charge is 0.227 e. The summed E-state index contributed by atoms with van der Waals surface area (Å²) >= 11 is 0. The van der Waals surface area contributed by atoms with Gasteiger partial charge >= 0.3 is 0 Å². The molecule has 0 unspecified atom stereocenters. The first-order valence-corrected chi connectivity index (χ1v) is 13.8. The quantitative estimate of drug-likeness (QED) is 0.445. The van der Waals surface area contributed by atoms with Gasteiger partial charge in [0, 0.05) is 43.7 Å². The summed E-state index contributed by atoms with van der Waals surface area (Å²) in [6.07, 6.45) is 13.5. The van der Waals surface area contributed by atoms with Gasteiger partial charge in [-0.1, -0.05) is 26.7 Å². The summed E-state index contributed by atoms with van der Waals surface area (Å²) in [4.78, 5) is 29.2. The Morgan fingerprint density at radius 1 is 0.973 bits per heavy atom. The molecule has 3 fully saturated rings. The molecule has 0 atom stereocenters. The van der Waals surface area contributed by atoms with Crippen molar-refractivity contribution in [1.82, 2.24) is 24.4 Å². The summed E-state index contributed by atoms with van der Waals surface area (Å²) < 4.78 is 2.27. The molecule has 0 aromatic carbocycles. The molecule has 3 aliphatic rings. The SMILES string of the molecule is CC(C)CC(=O)N1CCC(Nc2nc(N[C@H]3CC[C@H](N)CC3)nc3c2ncn3C2CCCC2)CC1.Cl.Cl. The van der Waals surface area contributed by atoms with E-state index in [0.717, 1.165) is 68.6 Å². The van der Waals surface area contributed by atoms with Gasteiger partial charge < -0.3 is 25.8 Å². The van der Waals surface area contributed by atoms with Crippen LogP contribution in [0.1, 0.15) is 90.5 Å². The molecule has 3 heterocycles. The Balaban J connectivity index is 0.00000190. The number of anilines is 2. The van der Waals surface area contributed by atoms with E-state index >= 15 is 0 Å². The van der Waals surface area contributed by atoms with E-state index in [-0.39, 0.29) is 36.8 Å². The summed E-state index contributed by atoms with van der Waals surface area (Å²) in [5.74, 6) is 2.17. The number of likely N-dealkylation sites (tertiary alicyclic amines) is 1. The molecule has 0 bridgehead atoms. The van der Waals surface area contributed by atoms with E-state index in [1.54, 1.807) is 0 Å². The van der Waals surface area contributed by atoms with Gasteiger partial charge in [0.2, 0.25) is 11.9 Å². The summed E-state index contributed by atoms with van der Waals surface area (Å²) in [5, 5.41) is 7.29. The Labute approximate surface area is 233 Å². The average molecular weight is 556 g/mol. The average Bonchev–Trinajstić information content (AvgIpc) is 3.51. The van der Waals surface area contributed by atoms with Gasteiger partial charge in [-0.15, -0.1) is 24.8 Å². The summed E-state index contributed by atoms with van der Waals surface area (Å²) in [6, 6.07) is 1.42. The van der Waals surface area contributed by atoms with Crippen molar-refractivity contribution >= 4 is 53.7 Å². The number of carbonyl (C=O) groups excluding carboxylic acids is 1. The van der Waals surface area contributed by atoms with Crippen LogP contribution in [0.3, 0.4) is 0 Å². The number of hydrogen-bond donors (Lipinski definition) is 3. The molecule has 5 rings (SSSR count). The van der Waals surface area contributed by atoms with Crippen molar-refractivity contribution in [3.63, 3.8) is 0 Å². The molecule has 2 aromatic rings. The van der Waals surface area contributed by atoms with Gasteiger partial charge in [0.05, 0.1) is 6.33 Å². The van der Waals surface area contributed by atoms with Crippen LogP contribution >= 0.6 is 24.8 Å². The van der Waals surface area contributed by atoms with E-state index in [0.29, 0.717) is 36.4 Å². The van der Waals surface area contributed by atoms with E-state index < -0.39 is 0 Å². The highest BCUT2D eigenvalue weighted by molar-refractivity contribution is 5.86. The van der Waals surface area contributed by atoms with Gasteiger partial charge in [-0.2, -0.15) is 9.97 Å². The summed E-state index contributed by atoms with van der Waals surface area (Å²) in [6.45, 7) is 5.79. The molecular formula is C26H44Cl2N8O. The number of aromatic nitrogens is 4. The van der Waals surface area contributed by atoms with Crippen molar-refractivity contribution in [2.75, 3.05) is 23.7 Å². The molecule has 1 saturated heterocycles. The zero-order valence-corrected chi connectivity index (χ0v) is 23.8. The number of nitrogens with one attached hydrogen (secondary N) is 2. The number of carbonyl (C=O) groups is 1. The Hall–Kier alpha value is -1.84. The highest BCUT2D eigenvalue weighted by Gasteiger charge is 2.27. The molecule has 0 spiro atoms. The zero-order valence-electron chi connectivity index (χ0n) is 22.2. The molecule has 37 heavy (non-hydrogen) atoms. The monoisotopic (exact) mass is 554 g/mol. The number of piperidine rings is 1. The van der Waals surface area contributed by atoms with Crippen molar-refractivity contribution in [2.45, 2.75) is 109 Å². The predicted octanol–water partition coefficient (Wildman–Crippen LogP) is 4.92. The van der Waals surface area contributed by atoms with Gasteiger partial charge in [0.25, 0.3) is 0 Å². The van der Waals surface area contributed by atoms with Gasteiger partial charge in [-0.05, 0) is 57.3 Å². The number of amides is 1. The number of nitrogens with two attached hydrogens (primary N) is 1. The third-order valence-corrected chi connectivity index (χ3v) is 8.02. The fraction of sp³-hybridized carbons (Fsp3) is 0.769. The second-order valence-corrected chi connectivity index (χ2v) is 11.3. The molecule has 11 heteroatoms. The first-order chi connectivity index (χ1) is 17.0. The molecule has 0 radical (unpaired) electrons. The predicted molar refractivity (Wildman–Crippen MR) is 154 cm³/mol. The molecule has 1 aliphatic heterocycles.